The highest BCUT2D eigenvalue weighted by Crippen LogP contribution is 2.36. The molecule has 8 nitrogen and oxygen atoms in total. The number of nitrogens with zero attached hydrogens (tertiary/aromatic N) is 2. The lowest BCUT2D eigenvalue weighted by Gasteiger charge is -2.23. The van der Waals surface area contributed by atoms with Gasteiger partial charge in [0.05, 0.1) is 5.92 Å². The second-order valence-electron chi connectivity index (χ2n) is 5.98. The van der Waals surface area contributed by atoms with Crippen LogP contribution >= 0.6 is 0 Å². The number of amides is 2. The molecule has 2 aliphatic heterocycles. The summed E-state index contributed by atoms with van der Waals surface area (Å²) < 4.78 is 11.0. The molecule has 1 atom stereocenters. The summed E-state index contributed by atoms with van der Waals surface area (Å²) in [6.07, 6.45) is 0.0728. The van der Waals surface area contributed by atoms with Crippen LogP contribution in [0.4, 0.5) is 5.69 Å². The van der Waals surface area contributed by atoms with Crippen LogP contribution in [0.1, 0.15) is 13.3 Å². The Morgan fingerprint density at radius 2 is 2.00 bits per heavy atom. The van der Waals surface area contributed by atoms with Crippen molar-refractivity contribution >= 4 is 23.5 Å². The van der Waals surface area contributed by atoms with Crippen molar-refractivity contribution in [1.82, 2.24) is 4.90 Å². The average Bonchev–Trinajstić information content (AvgIpc) is 3.00. The van der Waals surface area contributed by atoms with E-state index < -0.39 is 11.9 Å². The Balaban J connectivity index is 1.74. The van der Waals surface area contributed by atoms with Crippen molar-refractivity contribution in [2.24, 2.45) is 5.92 Å². The number of carboxylic acids is 1. The van der Waals surface area contributed by atoms with Gasteiger partial charge in [-0.1, -0.05) is 0 Å². The Morgan fingerprint density at radius 1 is 1.28 bits per heavy atom. The Bertz CT molecular complexity index is 704. The number of rotatable bonds is 5. The zero-order chi connectivity index (χ0) is 18.0. The summed E-state index contributed by atoms with van der Waals surface area (Å²) in [6.45, 7) is 2.82. The summed E-state index contributed by atoms with van der Waals surface area (Å²) in [7, 11) is 0. The molecule has 1 fully saturated rings. The second kappa shape index (κ2) is 7.00. The lowest BCUT2D eigenvalue weighted by atomic mass is 10.1. The maximum Gasteiger partial charge on any atom is 0.323 e. The van der Waals surface area contributed by atoms with Crippen molar-refractivity contribution in [1.29, 1.82) is 0 Å². The average molecular weight is 348 g/mol. The predicted octanol–water partition coefficient (Wildman–Crippen LogP) is 0.744. The molecular weight excluding hydrogens is 328 g/mol. The number of carbonyl (C=O) groups excluding carboxylic acids is 2. The van der Waals surface area contributed by atoms with Crippen molar-refractivity contribution in [2.75, 3.05) is 37.7 Å². The molecule has 0 radical (unpaired) electrons. The Kier molecular flexibility index (Phi) is 4.78. The lowest BCUT2D eigenvalue weighted by Crippen LogP contribution is -2.40. The highest BCUT2D eigenvalue weighted by Gasteiger charge is 2.37. The van der Waals surface area contributed by atoms with Gasteiger partial charge in [0.15, 0.2) is 11.5 Å². The van der Waals surface area contributed by atoms with Crippen LogP contribution in [-0.2, 0) is 14.4 Å². The number of likely N-dealkylation sites (N-methyl/N-ethyl adjacent to an activating group) is 1. The highest BCUT2D eigenvalue weighted by atomic mass is 16.6. The smallest absolute Gasteiger partial charge is 0.323 e. The number of aliphatic carboxylic acids is 1. The minimum atomic E-state index is -1.07. The van der Waals surface area contributed by atoms with Crippen LogP contribution in [0.15, 0.2) is 18.2 Å². The maximum atomic E-state index is 12.5. The van der Waals surface area contributed by atoms with E-state index in [1.165, 1.54) is 9.80 Å². The Hall–Kier alpha value is -2.77. The third-order valence-electron chi connectivity index (χ3n) is 4.33. The molecule has 8 heteroatoms. The molecule has 3 rings (SSSR count). The molecule has 0 saturated carbocycles. The Morgan fingerprint density at radius 3 is 2.68 bits per heavy atom. The van der Waals surface area contributed by atoms with Crippen molar-refractivity contribution in [3.8, 4) is 11.5 Å². The van der Waals surface area contributed by atoms with Crippen LogP contribution in [0.25, 0.3) is 0 Å². The van der Waals surface area contributed by atoms with Gasteiger partial charge >= 0.3 is 5.97 Å². The van der Waals surface area contributed by atoms with Crippen LogP contribution < -0.4 is 14.4 Å². The van der Waals surface area contributed by atoms with Gasteiger partial charge in [-0.15, -0.1) is 0 Å². The van der Waals surface area contributed by atoms with Gasteiger partial charge in [-0.2, -0.15) is 0 Å². The molecule has 1 N–H and O–H groups in total. The molecule has 1 aromatic carbocycles. The number of hydrogen-bond donors (Lipinski definition) is 1. The quantitative estimate of drug-likeness (QED) is 0.843. The Labute approximate surface area is 144 Å². The summed E-state index contributed by atoms with van der Waals surface area (Å²) in [5, 5.41) is 8.90. The van der Waals surface area contributed by atoms with Crippen LogP contribution in [0, 0.1) is 5.92 Å². The molecule has 2 aliphatic rings. The number of anilines is 1. The first kappa shape index (κ1) is 17.1. The molecule has 2 amide bonds. The predicted molar refractivity (Wildman–Crippen MR) is 87.8 cm³/mol. The van der Waals surface area contributed by atoms with Gasteiger partial charge in [0.2, 0.25) is 11.8 Å². The molecule has 0 spiro atoms. The molecule has 2 heterocycles. The standard InChI is InChI=1S/C17H20N2O6/c1-2-18(10-16(21)22)17(23)11-7-15(20)19(9-11)12-3-4-13-14(8-12)25-6-5-24-13/h3-4,8,11H,2,5-7,9-10H2,1H3,(H,21,22)/t11-/m1/s1. The van der Waals surface area contributed by atoms with Crippen molar-refractivity contribution in [3.05, 3.63) is 18.2 Å². The van der Waals surface area contributed by atoms with E-state index in [9.17, 15) is 14.4 Å². The molecular formula is C17H20N2O6. The van der Waals surface area contributed by atoms with Gasteiger partial charge in [0.25, 0.3) is 0 Å². The summed E-state index contributed by atoms with van der Waals surface area (Å²) in [5.41, 5.74) is 0.644. The fourth-order valence-corrected chi connectivity index (χ4v) is 3.09. The summed E-state index contributed by atoms with van der Waals surface area (Å²) >= 11 is 0. The molecule has 0 bridgehead atoms. The zero-order valence-corrected chi connectivity index (χ0v) is 13.9. The van der Waals surface area contributed by atoms with E-state index in [2.05, 4.69) is 0 Å². The molecule has 0 aromatic heterocycles. The first-order valence-corrected chi connectivity index (χ1v) is 8.20. The van der Waals surface area contributed by atoms with Crippen LogP contribution in [0.5, 0.6) is 11.5 Å². The largest absolute Gasteiger partial charge is 0.486 e. The SMILES string of the molecule is CCN(CC(=O)O)C(=O)[C@@H]1CC(=O)N(c2ccc3c(c2)OCCO3)C1. The van der Waals surface area contributed by atoms with Gasteiger partial charge < -0.3 is 24.4 Å². The summed E-state index contributed by atoms with van der Waals surface area (Å²) in [6, 6.07) is 5.23. The summed E-state index contributed by atoms with van der Waals surface area (Å²) in [5.74, 6) is -0.872. The first-order valence-electron chi connectivity index (χ1n) is 8.20. The third-order valence-corrected chi connectivity index (χ3v) is 4.33. The van der Waals surface area contributed by atoms with Gasteiger partial charge in [-0.25, -0.2) is 0 Å². The number of carbonyl (C=O) groups is 3. The van der Waals surface area contributed by atoms with Crippen molar-refractivity contribution in [2.45, 2.75) is 13.3 Å². The minimum Gasteiger partial charge on any atom is -0.486 e. The molecule has 0 aliphatic carbocycles. The normalized spacial score (nSPS) is 19.0. The lowest BCUT2D eigenvalue weighted by molar-refractivity contribution is -0.146. The third kappa shape index (κ3) is 3.52. The fraction of sp³-hybridized carbons (Fsp3) is 0.471. The van der Waals surface area contributed by atoms with E-state index in [1.54, 1.807) is 25.1 Å². The summed E-state index contributed by atoms with van der Waals surface area (Å²) in [4.78, 5) is 38.5. The number of hydrogen-bond acceptors (Lipinski definition) is 5. The molecule has 25 heavy (non-hydrogen) atoms. The van der Waals surface area contributed by atoms with E-state index in [0.29, 0.717) is 36.9 Å². The zero-order valence-electron chi connectivity index (χ0n) is 13.9. The van der Waals surface area contributed by atoms with Crippen LogP contribution in [0.3, 0.4) is 0 Å². The molecule has 0 unspecified atom stereocenters. The second-order valence-corrected chi connectivity index (χ2v) is 5.98. The molecule has 1 saturated heterocycles. The minimum absolute atomic E-state index is 0.0728. The highest BCUT2D eigenvalue weighted by molar-refractivity contribution is 6.00. The van der Waals surface area contributed by atoms with E-state index in [1.807, 2.05) is 0 Å². The van der Waals surface area contributed by atoms with E-state index in [4.69, 9.17) is 14.6 Å². The fourth-order valence-electron chi connectivity index (χ4n) is 3.09. The van der Waals surface area contributed by atoms with Gasteiger partial charge in [-0.05, 0) is 19.1 Å². The van der Waals surface area contributed by atoms with E-state index in [-0.39, 0.29) is 31.3 Å². The van der Waals surface area contributed by atoms with E-state index >= 15 is 0 Å². The number of fused-ring (bicyclic) bond motifs is 1. The van der Waals surface area contributed by atoms with Gasteiger partial charge in [0, 0.05) is 31.3 Å². The van der Waals surface area contributed by atoms with Crippen LogP contribution in [0.2, 0.25) is 0 Å². The topological polar surface area (TPSA) is 96.4 Å². The van der Waals surface area contributed by atoms with Crippen LogP contribution in [-0.4, -0.2) is 60.6 Å². The maximum absolute atomic E-state index is 12.5. The van der Waals surface area contributed by atoms with Gasteiger partial charge in [-0.3, -0.25) is 14.4 Å². The molecule has 134 valence electrons. The van der Waals surface area contributed by atoms with Crippen molar-refractivity contribution < 1.29 is 29.0 Å². The number of ether oxygens (including phenoxy) is 2. The van der Waals surface area contributed by atoms with Gasteiger partial charge in [0.1, 0.15) is 19.8 Å². The monoisotopic (exact) mass is 348 g/mol. The van der Waals surface area contributed by atoms with E-state index in [0.717, 1.165) is 0 Å². The van der Waals surface area contributed by atoms with Crippen molar-refractivity contribution in [3.63, 3.8) is 0 Å². The number of benzene rings is 1. The number of carboxylic acid groups (broad SMARTS) is 1. The molecule has 1 aromatic rings. The first-order chi connectivity index (χ1) is 12.0.